The fourth-order valence-corrected chi connectivity index (χ4v) is 3.73. The van der Waals surface area contributed by atoms with Crippen molar-refractivity contribution >= 4 is 16.9 Å². The van der Waals surface area contributed by atoms with Crippen molar-refractivity contribution in [2.45, 2.75) is 57.0 Å². The van der Waals surface area contributed by atoms with Crippen LogP contribution in [0.3, 0.4) is 0 Å². The first-order valence-corrected chi connectivity index (χ1v) is 8.58. The largest absolute Gasteiger partial charge is 0.444 e. The number of likely N-dealkylation sites (tertiary alicyclic amines) is 1. The lowest BCUT2D eigenvalue weighted by atomic mass is 10.2. The molecule has 2 heterocycles. The van der Waals surface area contributed by atoms with Crippen LogP contribution in [0.15, 0.2) is 11.2 Å². The van der Waals surface area contributed by atoms with E-state index in [-0.39, 0.29) is 11.3 Å². The van der Waals surface area contributed by atoms with Gasteiger partial charge < -0.3 is 9.64 Å². The minimum Gasteiger partial charge on any atom is -0.444 e. The van der Waals surface area contributed by atoms with Gasteiger partial charge in [0.25, 0.3) is 0 Å². The van der Waals surface area contributed by atoms with Crippen LogP contribution >= 0.6 is 0 Å². The van der Waals surface area contributed by atoms with Gasteiger partial charge >= 0.3 is 6.09 Å². The molecule has 1 aliphatic heterocycles. The fraction of sp³-hybridized carbons (Fsp3) is 0.667. The molecule has 1 aromatic rings. The number of carbonyl (C=O) groups excluding carboxylic acids is 1. The van der Waals surface area contributed by atoms with E-state index in [2.05, 4.69) is 9.97 Å². The van der Waals surface area contributed by atoms with Crippen molar-refractivity contribution in [2.75, 3.05) is 13.1 Å². The summed E-state index contributed by atoms with van der Waals surface area (Å²) in [4.78, 5) is 22.2. The number of rotatable bonds is 2. The second kappa shape index (κ2) is 6.32. The van der Waals surface area contributed by atoms with Gasteiger partial charge in [-0.1, -0.05) is 0 Å². The molecule has 2 rings (SSSR count). The molecule has 1 amide bonds. The zero-order valence-electron chi connectivity index (χ0n) is 13.8. The summed E-state index contributed by atoms with van der Waals surface area (Å²) in [7, 11) is -1.31. The number of aromatic nitrogens is 2. The Hall–Kier alpha value is -1.50. The van der Waals surface area contributed by atoms with Gasteiger partial charge in [0, 0.05) is 24.5 Å². The van der Waals surface area contributed by atoms with Gasteiger partial charge in [0.1, 0.15) is 5.60 Å². The van der Waals surface area contributed by atoms with Gasteiger partial charge in [-0.15, -0.1) is 0 Å². The summed E-state index contributed by atoms with van der Waals surface area (Å²) in [5.41, 5.74) is 1.08. The highest BCUT2D eigenvalue weighted by Crippen LogP contribution is 2.21. The molecule has 122 valence electrons. The van der Waals surface area contributed by atoms with Crippen LogP contribution in [0.25, 0.3) is 0 Å². The summed E-state index contributed by atoms with van der Waals surface area (Å²) >= 11 is 0. The molecule has 22 heavy (non-hydrogen) atoms. The predicted molar refractivity (Wildman–Crippen MR) is 84.1 cm³/mol. The predicted octanol–water partition coefficient (Wildman–Crippen LogP) is 2.21. The first kappa shape index (κ1) is 16.9. The molecule has 1 fully saturated rings. The minimum absolute atomic E-state index is 0.145. The van der Waals surface area contributed by atoms with E-state index in [1.807, 2.05) is 40.7 Å². The second-order valence-electron chi connectivity index (χ2n) is 6.57. The van der Waals surface area contributed by atoms with Crippen LogP contribution in [0.2, 0.25) is 0 Å². The quantitative estimate of drug-likeness (QED) is 0.780. The van der Waals surface area contributed by atoms with Gasteiger partial charge in [-0.2, -0.15) is 0 Å². The number of nitrogens with zero attached hydrogens (tertiary/aromatic N) is 3. The summed E-state index contributed by atoms with van der Waals surface area (Å²) in [6.45, 7) is 10.2. The van der Waals surface area contributed by atoms with Crippen molar-refractivity contribution in [1.29, 1.82) is 0 Å². The topological polar surface area (TPSA) is 72.4 Å². The van der Waals surface area contributed by atoms with E-state index in [1.54, 1.807) is 4.90 Å². The van der Waals surface area contributed by atoms with Crippen LogP contribution in [0.1, 0.15) is 38.6 Å². The summed E-state index contributed by atoms with van der Waals surface area (Å²) < 4.78 is 18.0. The van der Waals surface area contributed by atoms with E-state index >= 15 is 0 Å². The van der Waals surface area contributed by atoms with Crippen molar-refractivity contribution in [3.8, 4) is 0 Å². The first-order valence-electron chi connectivity index (χ1n) is 7.36. The molecular weight excluding hydrogens is 302 g/mol. The van der Waals surface area contributed by atoms with Crippen LogP contribution < -0.4 is 0 Å². The Morgan fingerprint density at radius 3 is 2.45 bits per heavy atom. The fourth-order valence-electron chi connectivity index (χ4n) is 2.33. The molecule has 0 aliphatic carbocycles. The number of aryl methyl sites for hydroxylation is 2. The van der Waals surface area contributed by atoms with Gasteiger partial charge in [-0.3, -0.25) is 4.21 Å². The van der Waals surface area contributed by atoms with Crippen molar-refractivity contribution in [1.82, 2.24) is 14.9 Å². The van der Waals surface area contributed by atoms with E-state index in [0.717, 1.165) is 11.4 Å². The van der Waals surface area contributed by atoms with Gasteiger partial charge in [-0.25, -0.2) is 14.8 Å². The second-order valence-corrected chi connectivity index (χ2v) is 8.19. The van der Waals surface area contributed by atoms with Crippen molar-refractivity contribution in [2.24, 2.45) is 0 Å². The molecule has 0 aromatic carbocycles. The van der Waals surface area contributed by atoms with Crippen LogP contribution in [-0.2, 0) is 15.5 Å². The molecule has 1 aromatic heterocycles. The maximum atomic E-state index is 12.6. The molecule has 0 radical (unpaired) electrons. The molecule has 0 bridgehead atoms. The Morgan fingerprint density at radius 1 is 1.32 bits per heavy atom. The lowest BCUT2D eigenvalue weighted by Crippen LogP contribution is -2.36. The Labute approximate surface area is 133 Å². The molecule has 2 atom stereocenters. The van der Waals surface area contributed by atoms with Crippen molar-refractivity contribution < 1.29 is 13.7 Å². The summed E-state index contributed by atoms with van der Waals surface area (Å²) in [6, 6.07) is 1.85. The maximum Gasteiger partial charge on any atom is 0.410 e. The molecule has 6 nitrogen and oxygen atoms in total. The number of amides is 1. The van der Waals surface area contributed by atoms with E-state index in [0.29, 0.717) is 24.7 Å². The molecular formula is C15H23N3O3S. The highest BCUT2D eigenvalue weighted by atomic mass is 32.2. The summed E-state index contributed by atoms with van der Waals surface area (Å²) in [5.74, 6) is 0. The van der Waals surface area contributed by atoms with Crippen molar-refractivity contribution in [3.05, 3.63) is 17.5 Å². The third kappa shape index (κ3) is 4.25. The van der Waals surface area contributed by atoms with Gasteiger partial charge in [-0.05, 0) is 47.1 Å². The zero-order valence-corrected chi connectivity index (χ0v) is 14.6. The number of hydrogen-bond donors (Lipinski definition) is 0. The highest BCUT2D eigenvalue weighted by molar-refractivity contribution is 7.85. The minimum atomic E-state index is -1.31. The monoisotopic (exact) mass is 325 g/mol. The molecule has 0 saturated carbocycles. The van der Waals surface area contributed by atoms with Crippen LogP contribution in [0, 0.1) is 13.8 Å². The lowest BCUT2D eigenvalue weighted by Gasteiger charge is -2.24. The Balaban J connectivity index is 2.03. The Bertz CT molecular complexity index is 578. The number of carbonyl (C=O) groups is 1. The molecule has 0 N–H and O–H groups in total. The third-order valence-corrected chi connectivity index (χ3v) is 4.77. The Kier molecular flexibility index (Phi) is 4.84. The highest BCUT2D eigenvalue weighted by Gasteiger charge is 2.34. The van der Waals surface area contributed by atoms with Crippen LogP contribution in [0.5, 0.6) is 0 Å². The molecule has 0 spiro atoms. The summed E-state index contributed by atoms with van der Waals surface area (Å²) in [6.07, 6.45) is 0.315. The molecule has 1 saturated heterocycles. The normalized spacial score (nSPS) is 20.0. The van der Waals surface area contributed by atoms with Crippen LogP contribution in [0.4, 0.5) is 4.79 Å². The average molecular weight is 325 g/mol. The third-order valence-electron chi connectivity index (χ3n) is 3.24. The maximum absolute atomic E-state index is 12.6. The molecule has 1 aliphatic rings. The average Bonchev–Trinajstić information content (AvgIpc) is 2.84. The van der Waals surface area contributed by atoms with Crippen LogP contribution in [-0.4, -0.2) is 49.1 Å². The van der Waals surface area contributed by atoms with E-state index in [4.69, 9.17) is 4.74 Å². The van der Waals surface area contributed by atoms with Crippen molar-refractivity contribution in [3.63, 3.8) is 0 Å². The lowest BCUT2D eigenvalue weighted by molar-refractivity contribution is 0.0295. The smallest absolute Gasteiger partial charge is 0.410 e. The zero-order chi connectivity index (χ0) is 16.5. The van der Waals surface area contributed by atoms with Gasteiger partial charge in [0.15, 0.2) is 0 Å². The van der Waals surface area contributed by atoms with E-state index in [1.165, 1.54) is 0 Å². The number of hydrogen-bond acceptors (Lipinski definition) is 5. The Morgan fingerprint density at radius 2 is 1.91 bits per heavy atom. The first-order chi connectivity index (χ1) is 10.2. The standard InChI is InChI=1S/C15H23N3O3S/c1-10-8-11(2)17-13(16-10)22(20)12-6-7-18(9-12)14(19)21-15(3,4)5/h8,12H,6-7,9H2,1-5H3/t12-,22-/m0/s1. The molecule has 0 unspecified atom stereocenters. The molecule has 7 heteroatoms. The SMILES string of the molecule is Cc1cc(C)nc([S@@](=O)[C@H]2CCN(C(=O)OC(C)(C)C)C2)n1. The number of ether oxygens (including phenoxy) is 1. The summed E-state index contributed by atoms with van der Waals surface area (Å²) in [5, 5.41) is 0.210. The van der Waals surface area contributed by atoms with E-state index in [9.17, 15) is 9.00 Å². The van der Waals surface area contributed by atoms with E-state index < -0.39 is 16.4 Å². The van der Waals surface area contributed by atoms with Gasteiger partial charge in [0.05, 0.1) is 16.0 Å². The van der Waals surface area contributed by atoms with Gasteiger partial charge in [0.2, 0.25) is 5.16 Å².